The topological polar surface area (TPSA) is 50.7 Å². The Bertz CT molecular complexity index is 645. The van der Waals surface area contributed by atoms with Crippen molar-refractivity contribution >= 4 is 11.7 Å². The Morgan fingerprint density at radius 2 is 1.96 bits per heavy atom. The summed E-state index contributed by atoms with van der Waals surface area (Å²) in [6.07, 6.45) is 8.21. The molecule has 24 heavy (non-hydrogen) atoms. The van der Waals surface area contributed by atoms with E-state index in [1.807, 2.05) is 36.6 Å². The Morgan fingerprint density at radius 3 is 2.62 bits per heavy atom. The van der Waals surface area contributed by atoms with Gasteiger partial charge in [0.1, 0.15) is 0 Å². The molecule has 2 atom stereocenters. The van der Waals surface area contributed by atoms with E-state index in [1.165, 1.54) is 12.7 Å². The number of allylic oxidation sites excluding steroid dienone is 2. The van der Waals surface area contributed by atoms with E-state index in [0.29, 0.717) is 0 Å². The van der Waals surface area contributed by atoms with Gasteiger partial charge in [-0.05, 0) is 18.6 Å². The van der Waals surface area contributed by atoms with Gasteiger partial charge < -0.3 is 10.1 Å². The highest BCUT2D eigenvalue weighted by Crippen LogP contribution is 2.22. The fraction of sp³-hybridized carbons (Fsp3) is 0.400. The molecule has 0 aliphatic carbocycles. The molecule has 0 fully saturated rings. The van der Waals surface area contributed by atoms with E-state index in [9.17, 15) is 4.79 Å². The van der Waals surface area contributed by atoms with Crippen LogP contribution in [0.15, 0.2) is 59.8 Å². The number of esters is 1. The molecule has 1 aromatic carbocycles. The van der Waals surface area contributed by atoms with Crippen LogP contribution in [0.2, 0.25) is 0 Å². The van der Waals surface area contributed by atoms with E-state index in [1.54, 1.807) is 0 Å². The lowest BCUT2D eigenvalue weighted by Gasteiger charge is -2.23. The number of carbonyl (C=O) groups is 1. The lowest BCUT2D eigenvalue weighted by molar-refractivity contribution is -0.140. The summed E-state index contributed by atoms with van der Waals surface area (Å²) in [6.45, 7) is 6.32. The van der Waals surface area contributed by atoms with Gasteiger partial charge in [0.05, 0.1) is 25.3 Å². The molecule has 1 aromatic rings. The van der Waals surface area contributed by atoms with E-state index in [-0.39, 0.29) is 29.9 Å². The predicted octanol–water partition coefficient (Wildman–Crippen LogP) is 3.82. The smallest absolute Gasteiger partial charge is 0.307 e. The van der Waals surface area contributed by atoms with Gasteiger partial charge in [-0.2, -0.15) is 0 Å². The van der Waals surface area contributed by atoms with Gasteiger partial charge in [-0.3, -0.25) is 9.79 Å². The second-order valence-corrected chi connectivity index (χ2v) is 6.66. The molecule has 1 heterocycles. The van der Waals surface area contributed by atoms with Crippen LogP contribution < -0.4 is 5.32 Å². The third-order valence-electron chi connectivity index (χ3n) is 4.12. The van der Waals surface area contributed by atoms with Gasteiger partial charge in [0.25, 0.3) is 0 Å². The molecule has 2 rings (SSSR count). The van der Waals surface area contributed by atoms with Gasteiger partial charge in [0.2, 0.25) is 0 Å². The Balaban J connectivity index is 2.20. The maximum absolute atomic E-state index is 11.8. The minimum absolute atomic E-state index is 0.0495. The van der Waals surface area contributed by atoms with Crippen molar-refractivity contribution in [1.82, 2.24) is 5.32 Å². The number of carbonyl (C=O) groups excluding carboxylic acids is 1. The summed E-state index contributed by atoms with van der Waals surface area (Å²) in [4.78, 5) is 16.4. The number of hydrogen-bond donors (Lipinski definition) is 1. The zero-order chi connectivity index (χ0) is 17.6. The van der Waals surface area contributed by atoms with Crippen molar-refractivity contribution < 1.29 is 9.53 Å². The van der Waals surface area contributed by atoms with Crippen LogP contribution in [-0.2, 0) is 9.53 Å². The van der Waals surface area contributed by atoms with Gasteiger partial charge in [0, 0.05) is 17.7 Å². The van der Waals surface area contributed by atoms with Crippen LogP contribution in [-0.4, -0.2) is 24.8 Å². The van der Waals surface area contributed by atoms with Crippen LogP contribution in [0.5, 0.6) is 0 Å². The molecule has 1 aliphatic rings. The summed E-state index contributed by atoms with van der Waals surface area (Å²) >= 11 is 0. The molecular weight excluding hydrogens is 300 g/mol. The Labute approximate surface area is 144 Å². The highest BCUT2D eigenvalue weighted by Gasteiger charge is 2.23. The summed E-state index contributed by atoms with van der Waals surface area (Å²) in [7, 11) is 1.41. The zero-order valence-corrected chi connectivity index (χ0v) is 14.8. The zero-order valence-electron chi connectivity index (χ0n) is 14.8. The van der Waals surface area contributed by atoms with Crippen molar-refractivity contribution in [2.75, 3.05) is 7.11 Å². The number of nitrogens with one attached hydrogen (secondary N) is 1. The number of benzene rings is 1. The summed E-state index contributed by atoms with van der Waals surface area (Å²) in [5, 5.41) is 3.51. The molecular formula is C20H26N2O2. The summed E-state index contributed by atoms with van der Waals surface area (Å²) in [5.41, 5.74) is 1.96. The van der Waals surface area contributed by atoms with Crippen LogP contribution in [0.4, 0.5) is 0 Å². The molecule has 0 amide bonds. The van der Waals surface area contributed by atoms with Gasteiger partial charge in [-0.15, -0.1) is 0 Å². The van der Waals surface area contributed by atoms with E-state index < -0.39 is 0 Å². The SMILES string of the molecule is COC(=O)CC(NC(C)c1ccccc1)C1=NC=CC(C)(C)C=C1. The van der Waals surface area contributed by atoms with Gasteiger partial charge in [-0.25, -0.2) is 0 Å². The fourth-order valence-electron chi connectivity index (χ4n) is 2.56. The largest absolute Gasteiger partial charge is 0.469 e. The van der Waals surface area contributed by atoms with Gasteiger partial charge in [-0.1, -0.05) is 56.3 Å². The van der Waals surface area contributed by atoms with Gasteiger partial charge >= 0.3 is 5.97 Å². The number of ether oxygens (including phenoxy) is 1. The van der Waals surface area contributed by atoms with Crippen molar-refractivity contribution in [3.8, 4) is 0 Å². The molecule has 0 spiro atoms. The molecule has 0 bridgehead atoms. The molecule has 128 valence electrons. The Morgan fingerprint density at radius 1 is 1.25 bits per heavy atom. The first-order valence-corrected chi connectivity index (χ1v) is 8.24. The fourth-order valence-corrected chi connectivity index (χ4v) is 2.56. The lowest BCUT2D eigenvalue weighted by Crippen LogP contribution is -2.39. The number of aliphatic imine (C=N–C) groups is 1. The standard InChI is InChI=1S/C20H26N2O2/c1-15(16-8-6-5-7-9-16)22-18(14-19(23)24-4)17-10-11-20(2,3)12-13-21-17/h5-13,15,18,22H,14H2,1-4H3. The van der Waals surface area contributed by atoms with E-state index in [4.69, 9.17) is 4.74 Å². The Kier molecular flexibility index (Phi) is 6.10. The number of hydrogen-bond acceptors (Lipinski definition) is 4. The monoisotopic (exact) mass is 326 g/mol. The second-order valence-electron chi connectivity index (χ2n) is 6.66. The highest BCUT2D eigenvalue weighted by molar-refractivity contribution is 6.01. The molecule has 1 aliphatic heterocycles. The first-order valence-electron chi connectivity index (χ1n) is 8.24. The van der Waals surface area contributed by atoms with E-state index >= 15 is 0 Å². The second kappa shape index (κ2) is 8.06. The van der Waals surface area contributed by atoms with Crippen molar-refractivity contribution in [2.24, 2.45) is 10.4 Å². The number of rotatable bonds is 6. The molecule has 0 saturated heterocycles. The average molecular weight is 326 g/mol. The van der Waals surface area contributed by atoms with E-state index in [0.717, 1.165) is 5.71 Å². The summed E-state index contributed by atoms with van der Waals surface area (Å²) < 4.78 is 4.85. The Hall–Kier alpha value is -2.20. The van der Waals surface area contributed by atoms with Crippen LogP contribution in [0.1, 0.15) is 38.8 Å². The minimum Gasteiger partial charge on any atom is -0.469 e. The molecule has 2 unspecified atom stereocenters. The quantitative estimate of drug-likeness (QED) is 0.809. The van der Waals surface area contributed by atoms with Crippen molar-refractivity contribution in [3.63, 3.8) is 0 Å². The number of nitrogens with zero attached hydrogens (tertiary/aromatic N) is 1. The molecule has 0 aromatic heterocycles. The minimum atomic E-state index is -0.253. The molecule has 4 nitrogen and oxygen atoms in total. The van der Waals surface area contributed by atoms with Crippen LogP contribution in [0.3, 0.4) is 0 Å². The average Bonchev–Trinajstić information content (AvgIpc) is 2.75. The molecule has 4 heteroatoms. The van der Waals surface area contributed by atoms with Crippen molar-refractivity contribution in [2.45, 2.75) is 39.3 Å². The van der Waals surface area contributed by atoms with Crippen LogP contribution in [0, 0.1) is 5.41 Å². The first-order chi connectivity index (χ1) is 11.4. The summed E-state index contributed by atoms with van der Waals surface area (Å²) in [6, 6.07) is 10.0. The van der Waals surface area contributed by atoms with Crippen LogP contribution in [0.25, 0.3) is 0 Å². The molecule has 0 saturated carbocycles. The lowest BCUT2D eigenvalue weighted by atomic mass is 9.92. The third kappa shape index (κ3) is 5.17. The summed E-state index contributed by atoms with van der Waals surface area (Å²) in [5.74, 6) is -0.253. The molecule has 1 N–H and O–H groups in total. The predicted molar refractivity (Wildman–Crippen MR) is 97.9 cm³/mol. The van der Waals surface area contributed by atoms with Crippen LogP contribution >= 0.6 is 0 Å². The maximum atomic E-state index is 11.8. The van der Waals surface area contributed by atoms with Gasteiger partial charge in [0.15, 0.2) is 0 Å². The van der Waals surface area contributed by atoms with Crippen molar-refractivity contribution in [3.05, 3.63) is 60.3 Å². The number of methoxy groups -OCH3 is 1. The highest BCUT2D eigenvalue weighted by atomic mass is 16.5. The normalized spacial score (nSPS) is 18.4. The van der Waals surface area contributed by atoms with Crippen molar-refractivity contribution in [1.29, 1.82) is 0 Å². The third-order valence-corrected chi connectivity index (χ3v) is 4.12. The van der Waals surface area contributed by atoms with E-state index in [2.05, 4.69) is 49.3 Å². The first kappa shape index (κ1) is 18.1. The maximum Gasteiger partial charge on any atom is 0.307 e. The molecule has 0 radical (unpaired) electrons.